The van der Waals surface area contributed by atoms with Gasteiger partial charge >= 0.3 is 0 Å². The molecule has 0 aliphatic heterocycles. The summed E-state index contributed by atoms with van der Waals surface area (Å²) in [7, 11) is 0. The molecule has 1 aliphatic rings. The van der Waals surface area contributed by atoms with E-state index in [2.05, 4.69) is 13.8 Å². The van der Waals surface area contributed by atoms with Crippen LogP contribution >= 0.6 is 23.8 Å². The molecule has 2 N–H and O–H groups in total. The lowest BCUT2D eigenvalue weighted by atomic mass is 9.97. The van der Waals surface area contributed by atoms with E-state index in [4.69, 9.17) is 34.7 Å². The van der Waals surface area contributed by atoms with Gasteiger partial charge in [-0.3, -0.25) is 0 Å². The van der Waals surface area contributed by atoms with Crippen molar-refractivity contribution in [2.24, 2.45) is 5.73 Å². The number of hydrogen-bond donors (Lipinski definition) is 1. The fourth-order valence-electron chi connectivity index (χ4n) is 3.31. The fraction of sp³-hybridized carbons (Fsp3) is 0.412. The molecule has 2 aromatic rings. The summed E-state index contributed by atoms with van der Waals surface area (Å²) in [6, 6.07) is 2.04. The van der Waals surface area contributed by atoms with Crippen LogP contribution < -0.4 is 5.73 Å². The van der Waals surface area contributed by atoms with Gasteiger partial charge in [0.05, 0.1) is 11.4 Å². The summed E-state index contributed by atoms with van der Waals surface area (Å²) in [6.07, 6.45) is 4.42. The van der Waals surface area contributed by atoms with Crippen molar-refractivity contribution in [2.75, 3.05) is 0 Å². The zero-order valence-electron chi connectivity index (χ0n) is 13.2. The number of benzene rings is 1. The smallest absolute Gasteiger partial charge is 0.136 e. The van der Waals surface area contributed by atoms with E-state index in [-0.39, 0.29) is 0 Å². The molecule has 0 unspecified atom stereocenters. The monoisotopic (exact) mass is 333 g/mol. The van der Waals surface area contributed by atoms with E-state index in [9.17, 15) is 0 Å². The third-order valence-corrected chi connectivity index (χ3v) is 5.24. The minimum absolute atomic E-state index is 0.432. The average molecular weight is 334 g/mol. The van der Waals surface area contributed by atoms with Crippen LogP contribution in [0.15, 0.2) is 6.07 Å². The second-order valence-corrected chi connectivity index (χ2v) is 6.84. The summed E-state index contributed by atoms with van der Waals surface area (Å²) < 4.78 is 1.90. The molecule has 0 spiro atoms. The van der Waals surface area contributed by atoms with E-state index in [0.29, 0.717) is 4.99 Å². The first-order valence-corrected chi connectivity index (χ1v) is 8.37. The van der Waals surface area contributed by atoms with Crippen LogP contribution in [0.5, 0.6) is 0 Å². The van der Waals surface area contributed by atoms with Gasteiger partial charge in [-0.1, -0.05) is 23.8 Å². The van der Waals surface area contributed by atoms with Crippen molar-refractivity contribution >= 4 is 28.8 Å². The zero-order valence-corrected chi connectivity index (χ0v) is 14.7. The Balaban J connectivity index is 2.23. The predicted octanol–water partition coefficient (Wildman–Crippen LogP) is 3.96. The molecule has 22 heavy (non-hydrogen) atoms. The van der Waals surface area contributed by atoms with Crippen LogP contribution in [0.25, 0.3) is 5.69 Å². The predicted molar refractivity (Wildman–Crippen MR) is 95.3 cm³/mol. The molecule has 1 heterocycles. The molecule has 0 bridgehead atoms. The van der Waals surface area contributed by atoms with Crippen molar-refractivity contribution in [3.63, 3.8) is 0 Å². The number of halogens is 1. The van der Waals surface area contributed by atoms with Gasteiger partial charge in [-0.05, 0) is 69.2 Å². The largest absolute Gasteiger partial charge is 0.389 e. The normalized spacial score (nSPS) is 14.0. The highest BCUT2D eigenvalue weighted by molar-refractivity contribution is 7.80. The Hall–Kier alpha value is -1.39. The summed E-state index contributed by atoms with van der Waals surface area (Å²) in [6.45, 7) is 6.18. The number of thiocarbonyl (C=S) groups is 1. The maximum Gasteiger partial charge on any atom is 0.136 e. The Morgan fingerprint density at radius 1 is 1.23 bits per heavy atom. The van der Waals surface area contributed by atoms with Gasteiger partial charge in [0.25, 0.3) is 0 Å². The molecule has 3 rings (SSSR count). The summed E-state index contributed by atoms with van der Waals surface area (Å²) in [5.74, 6) is 0. The maximum absolute atomic E-state index is 6.63. The van der Waals surface area contributed by atoms with Crippen LogP contribution in [0, 0.1) is 20.8 Å². The minimum Gasteiger partial charge on any atom is -0.389 e. The van der Waals surface area contributed by atoms with Gasteiger partial charge in [-0.25, -0.2) is 4.68 Å². The summed E-state index contributed by atoms with van der Waals surface area (Å²) in [4.78, 5) is 0.432. The number of aromatic nitrogens is 2. The zero-order chi connectivity index (χ0) is 16.0. The molecule has 1 aromatic heterocycles. The lowest BCUT2D eigenvalue weighted by molar-refractivity contribution is 0.671. The Kier molecular flexibility index (Phi) is 4.00. The molecule has 1 aromatic carbocycles. The van der Waals surface area contributed by atoms with E-state index in [1.165, 1.54) is 18.4 Å². The van der Waals surface area contributed by atoms with Gasteiger partial charge in [0.15, 0.2) is 0 Å². The van der Waals surface area contributed by atoms with E-state index >= 15 is 0 Å². The molecule has 0 fully saturated rings. The van der Waals surface area contributed by atoms with Crippen molar-refractivity contribution in [1.29, 1.82) is 0 Å². The molecular weight excluding hydrogens is 314 g/mol. The molecule has 3 nitrogen and oxygen atoms in total. The molecular formula is C17H20ClN3S. The fourth-order valence-corrected chi connectivity index (χ4v) is 3.85. The summed E-state index contributed by atoms with van der Waals surface area (Å²) in [5.41, 5.74) is 13.5. The Morgan fingerprint density at radius 2 is 1.91 bits per heavy atom. The Labute approximate surface area is 141 Å². The number of hydrogen-bond acceptors (Lipinski definition) is 2. The van der Waals surface area contributed by atoms with Crippen molar-refractivity contribution < 1.29 is 0 Å². The number of nitrogens with zero attached hydrogens (tertiary/aromatic N) is 2. The van der Waals surface area contributed by atoms with E-state index < -0.39 is 0 Å². The first-order chi connectivity index (χ1) is 10.4. The molecule has 0 saturated carbocycles. The molecule has 116 valence electrons. The van der Waals surface area contributed by atoms with Gasteiger partial charge in [0.2, 0.25) is 0 Å². The van der Waals surface area contributed by atoms with Crippen LogP contribution in [0.4, 0.5) is 0 Å². The van der Waals surface area contributed by atoms with Gasteiger partial charge in [-0.2, -0.15) is 5.10 Å². The van der Waals surface area contributed by atoms with Gasteiger partial charge in [0, 0.05) is 11.1 Å². The maximum atomic E-state index is 6.63. The first kappa shape index (κ1) is 15.5. The average Bonchev–Trinajstić information content (AvgIpc) is 2.80. The quantitative estimate of drug-likeness (QED) is 0.846. The lowest BCUT2D eigenvalue weighted by Crippen LogP contribution is -2.14. The Bertz CT molecular complexity index is 777. The SMILES string of the molecule is Cc1cc(C(N)=S)c(C)c(C)c1-n1nc2c(c1Cl)CCCC2. The van der Waals surface area contributed by atoms with Gasteiger partial charge in [0.1, 0.15) is 10.1 Å². The standard InChI is InChI=1S/C17H20ClN3S/c1-9-8-13(17(19)22)10(2)11(3)15(9)21-16(18)12-6-4-5-7-14(12)20-21/h8H,4-7H2,1-3H3,(H2,19,22). The molecule has 5 heteroatoms. The number of aryl methyl sites for hydroxylation is 2. The van der Waals surface area contributed by atoms with E-state index in [0.717, 1.165) is 51.6 Å². The first-order valence-electron chi connectivity index (χ1n) is 7.59. The molecule has 0 saturated heterocycles. The van der Waals surface area contributed by atoms with Crippen molar-refractivity contribution in [1.82, 2.24) is 9.78 Å². The summed E-state index contributed by atoms with van der Waals surface area (Å²) in [5, 5.41) is 5.53. The van der Waals surface area contributed by atoms with E-state index in [1.54, 1.807) is 0 Å². The molecule has 0 amide bonds. The van der Waals surface area contributed by atoms with Crippen LogP contribution in [0.1, 0.15) is 46.4 Å². The van der Waals surface area contributed by atoms with Gasteiger partial charge in [-0.15, -0.1) is 0 Å². The van der Waals surface area contributed by atoms with Crippen LogP contribution in [0.3, 0.4) is 0 Å². The molecule has 1 aliphatic carbocycles. The second-order valence-electron chi connectivity index (χ2n) is 6.04. The highest BCUT2D eigenvalue weighted by Gasteiger charge is 2.22. The van der Waals surface area contributed by atoms with Gasteiger partial charge < -0.3 is 5.73 Å². The second kappa shape index (κ2) is 5.67. The van der Waals surface area contributed by atoms with Crippen molar-refractivity contribution in [2.45, 2.75) is 46.5 Å². The van der Waals surface area contributed by atoms with Crippen molar-refractivity contribution in [3.05, 3.63) is 44.7 Å². The lowest BCUT2D eigenvalue weighted by Gasteiger charge is -2.17. The minimum atomic E-state index is 0.432. The molecule has 0 radical (unpaired) electrons. The third kappa shape index (κ3) is 2.34. The van der Waals surface area contributed by atoms with Crippen LogP contribution in [0.2, 0.25) is 5.15 Å². The topological polar surface area (TPSA) is 43.8 Å². The molecule has 0 atom stereocenters. The Morgan fingerprint density at radius 3 is 2.55 bits per heavy atom. The number of nitrogens with two attached hydrogens (primary N) is 1. The van der Waals surface area contributed by atoms with Crippen molar-refractivity contribution in [3.8, 4) is 5.69 Å². The highest BCUT2D eigenvalue weighted by Crippen LogP contribution is 2.33. The highest BCUT2D eigenvalue weighted by atomic mass is 35.5. The number of fused-ring (bicyclic) bond motifs is 1. The number of rotatable bonds is 2. The van der Waals surface area contributed by atoms with Crippen LogP contribution in [-0.2, 0) is 12.8 Å². The summed E-state index contributed by atoms with van der Waals surface area (Å²) >= 11 is 11.8. The van der Waals surface area contributed by atoms with Crippen LogP contribution in [-0.4, -0.2) is 14.8 Å². The third-order valence-electron chi connectivity index (χ3n) is 4.63. The van der Waals surface area contributed by atoms with E-state index in [1.807, 2.05) is 17.7 Å².